The summed E-state index contributed by atoms with van der Waals surface area (Å²) in [5.41, 5.74) is 6.04. The van der Waals surface area contributed by atoms with Crippen LogP contribution >= 0.6 is 0 Å². The van der Waals surface area contributed by atoms with E-state index in [1.165, 1.54) is 13.3 Å². The normalized spacial score (nSPS) is 10.2. The Morgan fingerprint density at radius 1 is 1.62 bits per heavy atom. The van der Waals surface area contributed by atoms with E-state index >= 15 is 0 Å². The summed E-state index contributed by atoms with van der Waals surface area (Å²) in [5.74, 6) is 0.677. The van der Waals surface area contributed by atoms with Gasteiger partial charge in [-0.2, -0.15) is 0 Å². The van der Waals surface area contributed by atoms with Gasteiger partial charge in [0, 0.05) is 6.07 Å². The van der Waals surface area contributed by atoms with Crippen molar-refractivity contribution in [2.75, 3.05) is 38.8 Å². The lowest BCUT2D eigenvalue weighted by molar-refractivity contribution is -0.116. The molecule has 0 saturated carbocycles. The van der Waals surface area contributed by atoms with Crippen LogP contribution in [-0.2, 0) is 4.79 Å². The number of carbonyl (C=O) groups excluding carboxylic acids is 1. The number of hydrogen-bond donors (Lipinski definition) is 2. The molecule has 6 heteroatoms. The Balaban J connectivity index is 2.76. The molecule has 0 aliphatic rings. The Morgan fingerprint density at radius 2 is 2.31 bits per heavy atom. The zero-order valence-electron chi connectivity index (χ0n) is 9.65. The van der Waals surface area contributed by atoms with Crippen LogP contribution in [0.25, 0.3) is 0 Å². The van der Waals surface area contributed by atoms with Gasteiger partial charge in [0.25, 0.3) is 0 Å². The van der Waals surface area contributed by atoms with Gasteiger partial charge in [0.2, 0.25) is 5.91 Å². The number of ether oxygens (including phenoxy) is 1. The van der Waals surface area contributed by atoms with Crippen LogP contribution in [0.15, 0.2) is 12.3 Å². The molecule has 0 aromatic carbocycles. The van der Waals surface area contributed by atoms with Crippen molar-refractivity contribution in [3.05, 3.63) is 12.3 Å². The van der Waals surface area contributed by atoms with Crippen LogP contribution in [0.5, 0.6) is 5.75 Å². The second kappa shape index (κ2) is 5.32. The maximum Gasteiger partial charge on any atom is 0.239 e. The molecule has 0 unspecified atom stereocenters. The molecule has 1 aromatic heterocycles. The van der Waals surface area contributed by atoms with Gasteiger partial charge in [-0.15, -0.1) is 0 Å². The van der Waals surface area contributed by atoms with Gasteiger partial charge in [0.05, 0.1) is 25.5 Å². The number of nitrogens with zero attached hydrogens (tertiary/aromatic N) is 2. The summed E-state index contributed by atoms with van der Waals surface area (Å²) < 4.78 is 5.06. The van der Waals surface area contributed by atoms with E-state index in [4.69, 9.17) is 10.5 Å². The quantitative estimate of drug-likeness (QED) is 0.762. The highest BCUT2D eigenvalue weighted by molar-refractivity contribution is 5.92. The predicted octanol–water partition coefficient (Wildman–Crippen LogP) is 0.173. The Kier molecular flexibility index (Phi) is 4.07. The molecule has 88 valence electrons. The third kappa shape index (κ3) is 3.39. The average molecular weight is 224 g/mol. The van der Waals surface area contributed by atoms with Gasteiger partial charge in [-0.25, -0.2) is 4.98 Å². The van der Waals surface area contributed by atoms with Crippen molar-refractivity contribution in [1.82, 2.24) is 9.88 Å². The van der Waals surface area contributed by atoms with Crippen molar-refractivity contribution in [3.63, 3.8) is 0 Å². The van der Waals surface area contributed by atoms with Crippen molar-refractivity contribution in [2.24, 2.45) is 0 Å². The molecule has 6 nitrogen and oxygen atoms in total. The van der Waals surface area contributed by atoms with E-state index < -0.39 is 0 Å². The van der Waals surface area contributed by atoms with Gasteiger partial charge in [-0.3, -0.25) is 4.79 Å². The highest BCUT2D eigenvalue weighted by atomic mass is 16.5. The molecule has 1 amide bonds. The SMILES string of the molecule is COc1cc(N)cnc1NC(=O)CN(C)C. The lowest BCUT2D eigenvalue weighted by atomic mass is 10.3. The molecule has 0 bridgehead atoms. The van der Waals surface area contributed by atoms with E-state index in [0.717, 1.165) is 0 Å². The molecule has 0 aliphatic carbocycles. The fourth-order valence-electron chi connectivity index (χ4n) is 1.17. The summed E-state index contributed by atoms with van der Waals surface area (Å²) in [4.78, 5) is 17.3. The van der Waals surface area contributed by atoms with Crippen molar-refractivity contribution in [1.29, 1.82) is 0 Å². The second-order valence-electron chi connectivity index (χ2n) is 3.61. The van der Waals surface area contributed by atoms with Crippen molar-refractivity contribution < 1.29 is 9.53 Å². The molecule has 1 rings (SSSR count). The first-order chi connectivity index (χ1) is 7.52. The summed E-state index contributed by atoms with van der Waals surface area (Å²) in [6, 6.07) is 1.61. The smallest absolute Gasteiger partial charge is 0.239 e. The van der Waals surface area contributed by atoms with E-state index in [9.17, 15) is 4.79 Å². The zero-order valence-corrected chi connectivity index (χ0v) is 9.65. The average Bonchev–Trinajstić information content (AvgIpc) is 2.19. The minimum absolute atomic E-state index is 0.152. The lowest BCUT2D eigenvalue weighted by Crippen LogP contribution is -2.27. The van der Waals surface area contributed by atoms with Crippen LogP contribution in [0.1, 0.15) is 0 Å². The van der Waals surface area contributed by atoms with Crippen LogP contribution in [0.3, 0.4) is 0 Å². The largest absolute Gasteiger partial charge is 0.493 e. The third-order valence-corrected chi connectivity index (χ3v) is 1.81. The molecule has 1 aromatic rings. The fourth-order valence-corrected chi connectivity index (χ4v) is 1.17. The van der Waals surface area contributed by atoms with Crippen molar-refractivity contribution >= 4 is 17.4 Å². The maximum absolute atomic E-state index is 11.5. The van der Waals surface area contributed by atoms with E-state index in [0.29, 0.717) is 17.3 Å². The first-order valence-corrected chi connectivity index (χ1v) is 4.77. The van der Waals surface area contributed by atoms with Gasteiger partial charge in [0.15, 0.2) is 11.6 Å². The standard InChI is InChI=1S/C10H16N4O2/c1-14(2)6-9(15)13-10-8(16-3)4-7(11)5-12-10/h4-5H,6,11H2,1-3H3,(H,12,13,15). The number of nitrogens with two attached hydrogens (primary N) is 1. The van der Waals surface area contributed by atoms with Gasteiger partial charge in [0.1, 0.15) is 0 Å². The molecule has 16 heavy (non-hydrogen) atoms. The molecule has 0 radical (unpaired) electrons. The minimum Gasteiger partial charge on any atom is -0.493 e. The van der Waals surface area contributed by atoms with Crippen molar-refractivity contribution in [3.8, 4) is 5.75 Å². The number of hydrogen-bond acceptors (Lipinski definition) is 5. The fraction of sp³-hybridized carbons (Fsp3) is 0.400. The number of nitrogen functional groups attached to an aromatic ring is 1. The number of nitrogens with one attached hydrogen (secondary N) is 1. The number of amides is 1. The van der Waals surface area contributed by atoms with E-state index in [1.54, 1.807) is 11.0 Å². The van der Waals surface area contributed by atoms with Crippen LogP contribution in [0, 0.1) is 0 Å². The second-order valence-corrected chi connectivity index (χ2v) is 3.61. The molecule has 0 spiro atoms. The first-order valence-electron chi connectivity index (χ1n) is 4.77. The molecule has 0 atom stereocenters. The minimum atomic E-state index is -0.152. The summed E-state index contributed by atoms with van der Waals surface area (Å²) in [6.07, 6.45) is 1.47. The monoisotopic (exact) mass is 224 g/mol. The molecule has 0 fully saturated rings. The Morgan fingerprint density at radius 3 is 2.88 bits per heavy atom. The topological polar surface area (TPSA) is 80.5 Å². The third-order valence-electron chi connectivity index (χ3n) is 1.81. The Bertz CT molecular complexity index is 379. The van der Waals surface area contributed by atoms with E-state index in [-0.39, 0.29) is 12.5 Å². The van der Waals surface area contributed by atoms with Crippen LogP contribution in [-0.4, -0.2) is 43.5 Å². The van der Waals surface area contributed by atoms with Crippen LogP contribution in [0.4, 0.5) is 11.5 Å². The number of methoxy groups -OCH3 is 1. The number of pyridine rings is 1. The summed E-state index contributed by atoms with van der Waals surface area (Å²) >= 11 is 0. The van der Waals surface area contributed by atoms with E-state index in [1.807, 2.05) is 14.1 Å². The highest BCUT2D eigenvalue weighted by Gasteiger charge is 2.09. The Hall–Kier alpha value is -1.82. The summed E-state index contributed by atoms with van der Waals surface area (Å²) in [6.45, 7) is 0.287. The zero-order chi connectivity index (χ0) is 12.1. The number of carbonyl (C=O) groups is 1. The number of aromatic nitrogens is 1. The van der Waals surface area contributed by atoms with Gasteiger partial charge < -0.3 is 20.7 Å². The van der Waals surface area contributed by atoms with Crippen LogP contribution in [0.2, 0.25) is 0 Å². The van der Waals surface area contributed by atoms with E-state index in [2.05, 4.69) is 10.3 Å². The highest BCUT2D eigenvalue weighted by Crippen LogP contribution is 2.23. The summed E-state index contributed by atoms with van der Waals surface area (Å²) in [7, 11) is 5.12. The van der Waals surface area contributed by atoms with Gasteiger partial charge >= 0.3 is 0 Å². The van der Waals surface area contributed by atoms with Crippen LogP contribution < -0.4 is 15.8 Å². The molecular formula is C10H16N4O2. The van der Waals surface area contributed by atoms with Crippen molar-refractivity contribution in [2.45, 2.75) is 0 Å². The molecule has 0 aliphatic heterocycles. The molecular weight excluding hydrogens is 208 g/mol. The lowest BCUT2D eigenvalue weighted by Gasteiger charge is -2.12. The number of rotatable bonds is 4. The first kappa shape index (κ1) is 12.3. The summed E-state index contributed by atoms with van der Waals surface area (Å²) in [5, 5.41) is 2.65. The molecule has 3 N–H and O–H groups in total. The van der Waals surface area contributed by atoms with Gasteiger partial charge in [-0.05, 0) is 14.1 Å². The van der Waals surface area contributed by atoms with Gasteiger partial charge in [-0.1, -0.05) is 0 Å². The number of likely N-dealkylation sites (N-methyl/N-ethyl adjacent to an activating group) is 1. The Labute approximate surface area is 94.4 Å². The number of anilines is 2. The predicted molar refractivity (Wildman–Crippen MR) is 62.4 cm³/mol. The maximum atomic E-state index is 11.5. The molecule has 0 saturated heterocycles. The molecule has 1 heterocycles.